The van der Waals surface area contributed by atoms with E-state index in [4.69, 9.17) is 4.42 Å². The van der Waals surface area contributed by atoms with Crippen molar-refractivity contribution in [1.82, 2.24) is 9.97 Å². The number of H-pyrrole nitrogens is 1. The number of hydrogen-bond acceptors (Lipinski definition) is 6. The highest BCUT2D eigenvalue weighted by molar-refractivity contribution is 7.93. The first kappa shape index (κ1) is 13.8. The van der Waals surface area contributed by atoms with Crippen molar-refractivity contribution in [2.75, 3.05) is 11.4 Å². The van der Waals surface area contributed by atoms with Gasteiger partial charge in [-0.2, -0.15) is 0 Å². The summed E-state index contributed by atoms with van der Waals surface area (Å²) in [5.41, 5.74) is 1.40. The summed E-state index contributed by atoms with van der Waals surface area (Å²) in [4.78, 5) is 17.8. The van der Waals surface area contributed by atoms with E-state index in [2.05, 4.69) is 9.97 Å². The second-order valence-corrected chi connectivity index (χ2v) is 7.22. The van der Waals surface area contributed by atoms with Gasteiger partial charge in [0.2, 0.25) is 0 Å². The van der Waals surface area contributed by atoms with Gasteiger partial charge in [0.1, 0.15) is 0 Å². The standard InChI is InChI=1S/C12H11N3O4S2/c1-7-6-20-11(13-7)15(2)21(17,18)8-3-4-9-10(5-8)19-12(16)14-9/h3-6H,1-2H3,(H,14,16). The number of aromatic amines is 1. The molecule has 0 aliphatic heterocycles. The van der Waals surface area contributed by atoms with Gasteiger partial charge in [-0.05, 0) is 19.1 Å². The molecule has 2 aromatic heterocycles. The maximum atomic E-state index is 12.6. The number of benzene rings is 1. The molecule has 21 heavy (non-hydrogen) atoms. The second kappa shape index (κ2) is 4.71. The van der Waals surface area contributed by atoms with E-state index in [1.807, 2.05) is 0 Å². The van der Waals surface area contributed by atoms with Gasteiger partial charge in [-0.25, -0.2) is 22.5 Å². The van der Waals surface area contributed by atoms with Crippen LogP contribution in [0.5, 0.6) is 0 Å². The van der Waals surface area contributed by atoms with Crippen LogP contribution >= 0.6 is 11.3 Å². The number of nitrogens with zero attached hydrogens (tertiary/aromatic N) is 2. The van der Waals surface area contributed by atoms with Crippen LogP contribution in [0.15, 0.2) is 37.7 Å². The lowest BCUT2D eigenvalue weighted by Gasteiger charge is -2.16. The Morgan fingerprint density at radius 3 is 2.81 bits per heavy atom. The van der Waals surface area contributed by atoms with Gasteiger partial charge in [0.15, 0.2) is 10.7 Å². The Kier molecular flexibility index (Phi) is 3.10. The molecule has 0 amide bonds. The van der Waals surface area contributed by atoms with Crippen molar-refractivity contribution in [2.45, 2.75) is 11.8 Å². The van der Waals surface area contributed by atoms with Crippen LogP contribution in [-0.2, 0) is 10.0 Å². The average Bonchev–Trinajstić information content (AvgIpc) is 3.01. The van der Waals surface area contributed by atoms with Gasteiger partial charge in [0, 0.05) is 18.5 Å². The van der Waals surface area contributed by atoms with Crippen LogP contribution in [-0.4, -0.2) is 25.4 Å². The lowest BCUT2D eigenvalue weighted by molar-refractivity contribution is 0.554. The van der Waals surface area contributed by atoms with Crippen LogP contribution in [0.1, 0.15) is 5.69 Å². The number of rotatable bonds is 3. The summed E-state index contributed by atoms with van der Waals surface area (Å²) in [6.45, 7) is 1.79. The van der Waals surface area contributed by atoms with E-state index >= 15 is 0 Å². The third kappa shape index (κ3) is 2.34. The highest BCUT2D eigenvalue weighted by Crippen LogP contribution is 2.26. The molecule has 0 saturated heterocycles. The number of sulfonamides is 1. The van der Waals surface area contributed by atoms with Crippen LogP contribution in [0.2, 0.25) is 0 Å². The molecule has 0 saturated carbocycles. The fraction of sp³-hybridized carbons (Fsp3) is 0.167. The summed E-state index contributed by atoms with van der Waals surface area (Å²) in [5, 5.41) is 2.15. The number of thiazole rings is 1. The van der Waals surface area contributed by atoms with Crippen molar-refractivity contribution in [2.24, 2.45) is 0 Å². The molecule has 0 unspecified atom stereocenters. The summed E-state index contributed by atoms with van der Waals surface area (Å²) in [6, 6.07) is 4.23. The molecule has 1 N–H and O–H groups in total. The van der Waals surface area contributed by atoms with E-state index in [0.29, 0.717) is 10.6 Å². The Morgan fingerprint density at radius 1 is 1.38 bits per heavy atom. The normalized spacial score (nSPS) is 11.9. The molecule has 3 rings (SSSR count). The molecule has 0 aliphatic rings. The van der Waals surface area contributed by atoms with E-state index in [9.17, 15) is 13.2 Å². The lowest BCUT2D eigenvalue weighted by atomic mass is 10.3. The summed E-state index contributed by atoms with van der Waals surface area (Å²) >= 11 is 1.24. The number of aromatic nitrogens is 2. The first-order valence-corrected chi connectivity index (χ1v) is 8.24. The Labute approximate surface area is 123 Å². The van der Waals surface area contributed by atoms with Gasteiger partial charge in [-0.15, -0.1) is 11.3 Å². The van der Waals surface area contributed by atoms with Crippen molar-refractivity contribution in [1.29, 1.82) is 0 Å². The Balaban J connectivity index is 2.08. The summed E-state index contributed by atoms with van der Waals surface area (Å²) in [7, 11) is -2.32. The number of fused-ring (bicyclic) bond motifs is 1. The summed E-state index contributed by atoms with van der Waals surface area (Å²) < 4.78 is 31.1. The fourth-order valence-electron chi connectivity index (χ4n) is 1.83. The molecule has 0 radical (unpaired) electrons. The van der Waals surface area contributed by atoms with E-state index in [0.717, 1.165) is 10.00 Å². The van der Waals surface area contributed by atoms with Gasteiger partial charge in [0.25, 0.3) is 10.0 Å². The topological polar surface area (TPSA) is 96.3 Å². The first-order valence-electron chi connectivity index (χ1n) is 5.92. The minimum atomic E-state index is -3.76. The molecule has 0 bridgehead atoms. The van der Waals surface area contributed by atoms with Gasteiger partial charge in [-0.3, -0.25) is 4.98 Å². The minimum Gasteiger partial charge on any atom is -0.408 e. The van der Waals surface area contributed by atoms with E-state index in [1.54, 1.807) is 12.3 Å². The van der Waals surface area contributed by atoms with Crippen LogP contribution < -0.4 is 10.1 Å². The van der Waals surface area contributed by atoms with Crippen molar-refractivity contribution in [3.8, 4) is 0 Å². The lowest BCUT2D eigenvalue weighted by Crippen LogP contribution is -2.26. The molecular formula is C12H11N3O4S2. The quantitative estimate of drug-likeness (QED) is 0.791. The summed E-state index contributed by atoms with van der Waals surface area (Å²) in [5.74, 6) is -0.622. The number of aryl methyl sites for hydroxylation is 1. The number of anilines is 1. The fourth-order valence-corrected chi connectivity index (χ4v) is 3.99. The molecule has 0 atom stereocenters. The zero-order valence-electron chi connectivity index (χ0n) is 11.2. The van der Waals surface area contributed by atoms with Gasteiger partial charge < -0.3 is 4.42 Å². The van der Waals surface area contributed by atoms with Crippen molar-refractivity contribution < 1.29 is 12.8 Å². The Morgan fingerprint density at radius 2 is 2.14 bits per heavy atom. The van der Waals surface area contributed by atoms with Crippen LogP contribution in [0.25, 0.3) is 11.1 Å². The molecule has 7 nitrogen and oxygen atoms in total. The zero-order valence-corrected chi connectivity index (χ0v) is 12.8. The molecular weight excluding hydrogens is 314 g/mol. The number of hydrogen-bond donors (Lipinski definition) is 1. The highest BCUT2D eigenvalue weighted by atomic mass is 32.2. The van der Waals surface area contributed by atoms with Crippen LogP contribution in [0.4, 0.5) is 5.13 Å². The first-order chi connectivity index (χ1) is 9.88. The Bertz CT molecular complexity index is 968. The highest BCUT2D eigenvalue weighted by Gasteiger charge is 2.24. The van der Waals surface area contributed by atoms with E-state index < -0.39 is 15.8 Å². The molecule has 1 aromatic carbocycles. The SMILES string of the molecule is Cc1csc(N(C)S(=O)(=O)c2ccc3[nH]c(=O)oc3c2)n1. The second-order valence-electron chi connectivity index (χ2n) is 4.42. The van der Waals surface area contributed by atoms with E-state index in [1.165, 1.54) is 36.6 Å². The molecule has 0 aliphatic carbocycles. The van der Waals surface area contributed by atoms with Crippen LogP contribution in [0.3, 0.4) is 0 Å². The van der Waals surface area contributed by atoms with Crippen molar-refractivity contribution >= 4 is 37.6 Å². The predicted molar refractivity (Wildman–Crippen MR) is 79.3 cm³/mol. The predicted octanol–water partition coefficient (Wildman–Crippen LogP) is 1.71. The molecule has 110 valence electrons. The molecule has 0 spiro atoms. The smallest absolute Gasteiger partial charge is 0.408 e. The van der Waals surface area contributed by atoms with Gasteiger partial charge in [0.05, 0.1) is 16.1 Å². The van der Waals surface area contributed by atoms with Crippen molar-refractivity contribution in [3.05, 3.63) is 39.8 Å². The molecule has 0 fully saturated rings. The third-order valence-electron chi connectivity index (χ3n) is 2.93. The third-order valence-corrected chi connectivity index (χ3v) is 5.82. The van der Waals surface area contributed by atoms with Gasteiger partial charge in [-0.1, -0.05) is 0 Å². The minimum absolute atomic E-state index is 0.0353. The number of nitrogens with one attached hydrogen (secondary N) is 1. The van der Waals surface area contributed by atoms with E-state index in [-0.39, 0.29) is 10.5 Å². The maximum Gasteiger partial charge on any atom is 0.417 e. The maximum absolute atomic E-state index is 12.6. The van der Waals surface area contributed by atoms with Gasteiger partial charge >= 0.3 is 5.76 Å². The average molecular weight is 325 g/mol. The monoisotopic (exact) mass is 325 g/mol. The van der Waals surface area contributed by atoms with Crippen LogP contribution in [0, 0.1) is 6.92 Å². The zero-order chi connectivity index (χ0) is 15.2. The summed E-state index contributed by atoms with van der Waals surface area (Å²) in [6.07, 6.45) is 0. The molecule has 2 heterocycles. The number of oxazole rings is 1. The molecule has 3 aromatic rings. The molecule has 9 heteroatoms. The Hall–Kier alpha value is -2.13. The largest absolute Gasteiger partial charge is 0.417 e. The van der Waals surface area contributed by atoms with Crippen molar-refractivity contribution in [3.63, 3.8) is 0 Å².